The summed E-state index contributed by atoms with van der Waals surface area (Å²) in [5.74, 6) is -0.241. The molecule has 106 valence electrons. The maximum Gasteiger partial charge on any atom is 0.126 e. The first-order chi connectivity index (χ1) is 9.07. The zero-order valence-corrected chi connectivity index (χ0v) is 13.0. The van der Waals surface area contributed by atoms with Gasteiger partial charge in [-0.2, -0.15) is 0 Å². The van der Waals surface area contributed by atoms with Crippen LogP contribution in [-0.4, -0.2) is 43.3 Å². The highest BCUT2D eigenvalue weighted by molar-refractivity contribution is 9.10. The van der Waals surface area contributed by atoms with Crippen molar-refractivity contribution in [3.63, 3.8) is 0 Å². The average Bonchev–Trinajstić information content (AvgIpc) is 2.31. The van der Waals surface area contributed by atoms with E-state index in [1.54, 1.807) is 0 Å². The summed E-state index contributed by atoms with van der Waals surface area (Å²) in [4.78, 5) is 2.35. The fraction of sp³-hybridized carbons (Fsp3) is 0.571. The van der Waals surface area contributed by atoms with Crippen molar-refractivity contribution in [2.45, 2.75) is 19.4 Å². The molecule has 1 aromatic rings. The van der Waals surface area contributed by atoms with Gasteiger partial charge < -0.3 is 15.0 Å². The largest absolute Gasteiger partial charge is 0.376 e. The number of nitrogens with one attached hydrogen (secondary N) is 1. The second kappa shape index (κ2) is 6.20. The van der Waals surface area contributed by atoms with Crippen molar-refractivity contribution in [2.24, 2.45) is 0 Å². The molecule has 0 saturated carbocycles. The van der Waals surface area contributed by atoms with Crippen molar-refractivity contribution < 1.29 is 9.13 Å². The van der Waals surface area contributed by atoms with Gasteiger partial charge in [-0.05, 0) is 31.3 Å². The van der Waals surface area contributed by atoms with E-state index in [0.717, 1.165) is 29.8 Å². The summed E-state index contributed by atoms with van der Waals surface area (Å²) in [6.07, 6.45) is 0. The van der Waals surface area contributed by atoms with Crippen molar-refractivity contribution in [1.82, 2.24) is 4.90 Å². The smallest absolute Gasteiger partial charge is 0.126 e. The lowest BCUT2D eigenvalue weighted by Gasteiger charge is -2.45. The van der Waals surface area contributed by atoms with E-state index in [4.69, 9.17) is 4.74 Å². The van der Waals surface area contributed by atoms with Crippen LogP contribution in [0.15, 0.2) is 22.7 Å². The van der Waals surface area contributed by atoms with E-state index >= 15 is 0 Å². The molecule has 0 atom stereocenters. The lowest BCUT2D eigenvalue weighted by molar-refractivity contribution is -0.0549. The van der Waals surface area contributed by atoms with Crippen molar-refractivity contribution >= 4 is 21.6 Å². The van der Waals surface area contributed by atoms with Crippen LogP contribution in [0, 0.1) is 5.82 Å². The maximum absolute atomic E-state index is 13.4. The number of likely N-dealkylation sites (N-methyl/N-ethyl adjacent to an activating group) is 1. The first kappa shape index (κ1) is 14.8. The number of benzene rings is 1. The van der Waals surface area contributed by atoms with E-state index in [1.165, 1.54) is 12.1 Å². The Hall–Kier alpha value is -0.650. The molecular weight excluding hydrogens is 311 g/mol. The molecule has 1 saturated heterocycles. The predicted octanol–water partition coefficient (Wildman–Crippen LogP) is 3.11. The van der Waals surface area contributed by atoms with E-state index in [9.17, 15) is 4.39 Å². The number of ether oxygens (including phenoxy) is 1. The fourth-order valence-corrected chi connectivity index (χ4v) is 2.82. The molecule has 0 unspecified atom stereocenters. The van der Waals surface area contributed by atoms with Crippen molar-refractivity contribution in [2.75, 3.05) is 38.2 Å². The zero-order valence-electron chi connectivity index (χ0n) is 11.4. The zero-order chi connectivity index (χ0) is 13.9. The lowest BCUT2D eigenvalue weighted by Crippen LogP contribution is -2.62. The summed E-state index contributed by atoms with van der Waals surface area (Å²) in [7, 11) is 0. The third kappa shape index (κ3) is 3.68. The van der Waals surface area contributed by atoms with Crippen molar-refractivity contribution in [1.29, 1.82) is 0 Å². The van der Waals surface area contributed by atoms with E-state index in [1.807, 2.05) is 6.07 Å². The van der Waals surface area contributed by atoms with Crippen LogP contribution in [0.2, 0.25) is 0 Å². The molecule has 0 bridgehead atoms. The number of hydrogen-bond donors (Lipinski definition) is 1. The molecule has 2 rings (SSSR count). The highest BCUT2D eigenvalue weighted by atomic mass is 79.9. The molecule has 0 spiro atoms. The molecule has 0 radical (unpaired) electrons. The Kier molecular flexibility index (Phi) is 4.81. The number of rotatable bonds is 6. The third-order valence-electron chi connectivity index (χ3n) is 3.45. The predicted molar refractivity (Wildman–Crippen MR) is 79.1 cm³/mol. The first-order valence-corrected chi connectivity index (χ1v) is 7.40. The topological polar surface area (TPSA) is 24.5 Å². The van der Waals surface area contributed by atoms with Gasteiger partial charge in [0.25, 0.3) is 0 Å². The molecule has 0 aliphatic carbocycles. The van der Waals surface area contributed by atoms with Gasteiger partial charge in [-0.25, -0.2) is 4.39 Å². The number of anilines is 1. The molecule has 0 aromatic heterocycles. The summed E-state index contributed by atoms with van der Waals surface area (Å²) in [6, 6.07) is 4.87. The minimum Gasteiger partial charge on any atom is -0.376 e. The van der Waals surface area contributed by atoms with Crippen molar-refractivity contribution in [3.05, 3.63) is 28.5 Å². The monoisotopic (exact) mass is 330 g/mol. The Morgan fingerprint density at radius 2 is 2.00 bits per heavy atom. The minimum absolute atomic E-state index is 0.0980. The Balaban J connectivity index is 2.09. The second-order valence-electron chi connectivity index (χ2n) is 5.02. The Bertz CT molecular complexity index is 413. The van der Waals surface area contributed by atoms with E-state index in [0.29, 0.717) is 13.2 Å². The van der Waals surface area contributed by atoms with Crippen LogP contribution < -0.4 is 5.32 Å². The van der Waals surface area contributed by atoms with Crippen LogP contribution >= 0.6 is 15.9 Å². The van der Waals surface area contributed by atoms with Gasteiger partial charge in [0.15, 0.2) is 0 Å². The van der Waals surface area contributed by atoms with Gasteiger partial charge in [0, 0.05) is 16.7 Å². The van der Waals surface area contributed by atoms with Crippen molar-refractivity contribution in [3.8, 4) is 0 Å². The van der Waals surface area contributed by atoms with Crippen LogP contribution in [0.3, 0.4) is 0 Å². The molecule has 19 heavy (non-hydrogen) atoms. The molecule has 1 aliphatic heterocycles. The molecule has 0 amide bonds. The summed E-state index contributed by atoms with van der Waals surface area (Å²) < 4.78 is 19.5. The Morgan fingerprint density at radius 3 is 2.47 bits per heavy atom. The third-order valence-corrected chi connectivity index (χ3v) is 3.91. The molecule has 1 N–H and O–H groups in total. The highest BCUT2D eigenvalue weighted by Gasteiger charge is 2.39. The van der Waals surface area contributed by atoms with Gasteiger partial charge in [-0.3, -0.25) is 0 Å². The standard InChI is InChI=1S/C14H20BrFN2O/c1-3-18(4-2)8-14(9-19-10-14)17-13-6-11(15)5-12(16)7-13/h5-7,17H,3-4,8-10H2,1-2H3. The minimum atomic E-state index is -0.241. The van der Waals surface area contributed by atoms with Crippen LogP contribution in [0.5, 0.6) is 0 Å². The molecule has 1 aliphatic rings. The molecule has 1 aromatic carbocycles. The van der Waals surface area contributed by atoms with Crippen LogP contribution in [0.1, 0.15) is 13.8 Å². The quantitative estimate of drug-likeness (QED) is 0.867. The summed E-state index contributed by atoms with van der Waals surface area (Å²) in [5.41, 5.74) is 0.696. The van der Waals surface area contributed by atoms with Gasteiger partial charge in [-0.1, -0.05) is 29.8 Å². The van der Waals surface area contributed by atoms with Crippen LogP contribution in [0.25, 0.3) is 0 Å². The summed E-state index contributed by atoms with van der Waals surface area (Å²) in [6.45, 7) is 8.55. The molecule has 1 fully saturated rings. The normalized spacial score (nSPS) is 17.3. The SMILES string of the molecule is CCN(CC)CC1(Nc2cc(F)cc(Br)c2)COC1. The second-order valence-corrected chi connectivity index (χ2v) is 5.93. The number of nitrogens with zero attached hydrogens (tertiary/aromatic N) is 1. The van der Waals surface area contributed by atoms with Gasteiger partial charge in [0.2, 0.25) is 0 Å². The average molecular weight is 331 g/mol. The molecule has 1 heterocycles. The van der Waals surface area contributed by atoms with E-state index < -0.39 is 0 Å². The van der Waals surface area contributed by atoms with E-state index in [-0.39, 0.29) is 11.4 Å². The lowest BCUT2D eigenvalue weighted by atomic mass is 9.95. The maximum atomic E-state index is 13.4. The van der Waals surface area contributed by atoms with Gasteiger partial charge in [-0.15, -0.1) is 0 Å². The van der Waals surface area contributed by atoms with Gasteiger partial charge >= 0.3 is 0 Å². The first-order valence-electron chi connectivity index (χ1n) is 6.61. The number of halogens is 2. The summed E-state index contributed by atoms with van der Waals surface area (Å²) >= 11 is 3.32. The van der Waals surface area contributed by atoms with E-state index in [2.05, 4.69) is 40.0 Å². The van der Waals surface area contributed by atoms with Gasteiger partial charge in [0.05, 0.1) is 18.8 Å². The Morgan fingerprint density at radius 1 is 1.32 bits per heavy atom. The number of hydrogen-bond acceptors (Lipinski definition) is 3. The fourth-order valence-electron chi connectivity index (χ4n) is 2.36. The summed E-state index contributed by atoms with van der Waals surface area (Å²) in [5, 5.41) is 3.44. The Labute approximate surface area is 122 Å². The molecular formula is C14H20BrFN2O. The van der Waals surface area contributed by atoms with Crippen LogP contribution in [-0.2, 0) is 4.74 Å². The molecule has 3 nitrogen and oxygen atoms in total. The van der Waals surface area contributed by atoms with Gasteiger partial charge in [0.1, 0.15) is 5.82 Å². The van der Waals surface area contributed by atoms with Crippen LogP contribution in [0.4, 0.5) is 10.1 Å². The highest BCUT2D eigenvalue weighted by Crippen LogP contribution is 2.27. The molecule has 5 heteroatoms.